The molecule has 0 spiro atoms. The molecule has 1 amide bonds. The van der Waals surface area contributed by atoms with Crippen molar-refractivity contribution in [1.29, 1.82) is 0 Å². The van der Waals surface area contributed by atoms with E-state index in [2.05, 4.69) is 103 Å². The highest BCUT2D eigenvalue weighted by molar-refractivity contribution is 7.99. The second-order valence-electron chi connectivity index (χ2n) is 11.8. The second-order valence-corrected chi connectivity index (χ2v) is 13.0. The number of carbonyl (C=O) groups excluding carboxylic acids is 1. The van der Waals surface area contributed by atoms with Crippen LogP contribution in [0.4, 0.5) is 0 Å². The topological polar surface area (TPSA) is 50.8 Å². The van der Waals surface area contributed by atoms with Crippen molar-refractivity contribution in [3.63, 3.8) is 0 Å². The molecule has 47 heavy (non-hydrogen) atoms. The van der Waals surface area contributed by atoms with Gasteiger partial charge in [0.2, 0.25) is 0 Å². The predicted octanol–water partition coefficient (Wildman–Crippen LogP) is 8.64. The van der Waals surface area contributed by atoms with E-state index in [0.717, 1.165) is 65.6 Å². The molecular weight excluding hydrogens is 601 g/mol. The number of benzene rings is 5. The van der Waals surface area contributed by atoms with Crippen LogP contribution in [0.3, 0.4) is 0 Å². The minimum Gasteiger partial charge on any atom is -0.497 e. The fraction of sp³-hybridized carbons (Fsp3) is 0.244. The van der Waals surface area contributed by atoms with Crippen LogP contribution < -0.4 is 14.8 Å². The maximum atomic E-state index is 13.0. The van der Waals surface area contributed by atoms with Crippen molar-refractivity contribution >= 4 is 17.7 Å². The van der Waals surface area contributed by atoms with Gasteiger partial charge in [-0.2, -0.15) is 0 Å². The van der Waals surface area contributed by atoms with Gasteiger partial charge in [0, 0.05) is 48.8 Å². The van der Waals surface area contributed by atoms with Gasteiger partial charge in [-0.15, -0.1) is 11.8 Å². The first-order valence-electron chi connectivity index (χ1n) is 16.0. The minimum atomic E-state index is -0.0789. The summed E-state index contributed by atoms with van der Waals surface area (Å²) < 4.78 is 11.1. The third-order valence-electron chi connectivity index (χ3n) is 8.42. The number of carbonyl (C=O) groups is 1. The highest BCUT2D eigenvalue weighted by Gasteiger charge is 2.12. The van der Waals surface area contributed by atoms with Gasteiger partial charge in [-0.05, 0) is 89.2 Å². The number of methoxy groups -OCH3 is 2. The molecule has 5 nitrogen and oxygen atoms in total. The van der Waals surface area contributed by atoms with Crippen LogP contribution in [0.25, 0.3) is 0 Å². The third-order valence-corrected chi connectivity index (χ3v) is 9.41. The Balaban J connectivity index is 1.15. The first-order valence-corrected chi connectivity index (χ1v) is 17.0. The van der Waals surface area contributed by atoms with E-state index in [-0.39, 0.29) is 5.91 Å². The monoisotopic (exact) mass is 644 g/mol. The van der Waals surface area contributed by atoms with E-state index in [4.69, 9.17) is 9.47 Å². The van der Waals surface area contributed by atoms with Crippen molar-refractivity contribution < 1.29 is 14.3 Å². The number of nitrogens with one attached hydrogen (secondary N) is 1. The van der Waals surface area contributed by atoms with Crippen molar-refractivity contribution in [3.8, 4) is 11.5 Å². The lowest BCUT2D eigenvalue weighted by Gasteiger charge is -2.23. The summed E-state index contributed by atoms with van der Waals surface area (Å²) in [5.74, 6) is 2.73. The fourth-order valence-electron chi connectivity index (χ4n) is 5.62. The molecule has 0 radical (unpaired) electrons. The van der Waals surface area contributed by atoms with Gasteiger partial charge in [-0.3, -0.25) is 9.69 Å². The van der Waals surface area contributed by atoms with Crippen LogP contribution in [0.15, 0.2) is 120 Å². The standard InChI is InChI=1S/C41H44N2O3S/c1-30-13-20-37(40(46-4)31(30)2)25-32-18-21-36(22-19-32)41(44)42-27-33-14-16-34(17-15-33)28-43(23-24-47-39-11-6-5-7-12-39)29-35-9-8-10-38(26-35)45-3/h5-22,26H,23-25,27-29H2,1-4H3,(H,42,44). The van der Waals surface area contributed by atoms with E-state index in [1.165, 1.54) is 21.6 Å². The molecule has 0 bridgehead atoms. The van der Waals surface area contributed by atoms with Gasteiger partial charge in [0.15, 0.2) is 0 Å². The summed E-state index contributed by atoms with van der Waals surface area (Å²) in [4.78, 5) is 16.7. The Hall–Kier alpha value is -4.52. The Morgan fingerprint density at radius 2 is 1.43 bits per heavy atom. The van der Waals surface area contributed by atoms with Crippen molar-refractivity contribution in [3.05, 3.63) is 160 Å². The maximum absolute atomic E-state index is 13.0. The zero-order valence-corrected chi connectivity index (χ0v) is 28.6. The molecule has 0 aliphatic carbocycles. The highest BCUT2D eigenvalue weighted by Crippen LogP contribution is 2.28. The van der Waals surface area contributed by atoms with Crippen molar-refractivity contribution in [2.75, 3.05) is 26.5 Å². The molecule has 5 rings (SSSR count). The number of hydrogen-bond donors (Lipinski definition) is 1. The lowest BCUT2D eigenvalue weighted by atomic mass is 9.98. The largest absolute Gasteiger partial charge is 0.497 e. The Labute approximate surface area is 283 Å². The number of nitrogens with zero attached hydrogens (tertiary/aromatic N) is 1. The Kier molecular flexibility index (Phi) is 12.1. The zero-order chi connectivity index (χ0) is 33.0. The Morgan fingerprint density at radius 1 is 0.723 bits per heavy atom. The molecule has 0 unspecified atom stereocenters. The van der Waals surface area contributed by atoms with Crippen LogP contribution in [-0.4, -0.2) is 37.3 Å². The number of thioether (sulfide) groups is 1. The molecule has 0 atom stereocenters. The van der Waals surface area contributed by atoms with Crippen molar-refractivity contribution in [2.24, 2.45) is 0 Å². The minimum absolute atomic E-state index is 0.0789. The molecule has 0 aliphatic rings. The molecular formula is C41H44N2O3S. The van der Waals surface area contributed by atoms with E-state index in [1.807, 2.05) is 48.2 Å². The first-order chi connectivity index (χ1) is 22.9. The Bertz CT molecular complexity index is 1740. The number of hydrogen-bond acceptors (Lipinski definition) is 5. The van der Waals surface area contributed by atoms with Crippen molar-refractivity contribution in [1.82, 2.24) is 10.2 Å². The average Bonchev–Trinajstić information content (AvgIpc) is 3.10. The van der Waals surface area contributed by atoms with Crippen LogP contribution in [0.2, 0.25) is 0 Å². The van der Waals surface area contributed by atoms with Gasteiger partial charge < -0.3 is 14.8 Å². The van der Waals surface area contributed by atoms with E-state index in [9.17, 15) is 4.79 Å². The van der Waals surface area contributed by atoms with Crippen LogP contribution in [0, 0.1) is 13.8 Å². The summed E-state index contributed by atoms with van der Waals surface area (Å²) in [7, 11) is 3.43. The van der Waals surface area contributed by atoms with E-state index in [0.29, 0.717) is 12.1 Å². The fourth-order valence-corrected chi connectivity index (χ4v) is 6.56. The van der Waals surface area contributed by atoms with Crippen LogP contribution in [-0.2, 0) is 26.1 Å². The van der Waals surface area contributed by atoms with E-state index < -0.39 is 0 Å². The summed E-state index contributed by atoms with van der Waals surface area (Å²) in [6.07, 6.45) is 0.751. The zero-order valence-electron chi connectivity index (χ0n) is 27.8. The molecule has 0 saturated carbocycles. The lowest BCUT2D eigenvalue weighted by Crippen LogP contribution is -2.25. The predicted molar refractivity (Wildman–Crippen MR) is 194 cm³/mol. The second kappa shape index (κ2) is 16.9. The summed E-state index contributed by atoms with van der Waals surface area (Å²) in [5.41, 5.74) is 8.85. The number of amides is 1. The van der Waals surface area contributed by atoms with Gasteiger partial charge in [-0.25, -0.2) is 0 Å². The van der Waals surface area contributed by atoms with E-state index in [1.54, 1.807) is 14.2 Å². The summed E-state index contributed by atoms with van der Waals surface area (Å²) >= 11 is 1.88. The summed E-state index contributed by atoms with van der Waals surface area (Å²) in [6.45, 7) is 7.27. The normalized spacial score (nSPS) is 11.0. The lowest BCUT2D eigenvalue weighted by molar-refractivity contribution is 0.0951. The summed E-state index contributed by atoms with van der Waals surface area (Å²) in [6, 6.07) is 39.5. The van der Waals surface area contributed by atoms with Crippen LogP contribution in [0.5, 0.6) is 11.5 Å². The van der Waals surface area contributed by atoms with Gasteiger partial charge >= 0.3 is 0 Å². The number of ether oxygens (including phenoxy) is 2. The molecule has 5 aromatic rings. The molecule has 5 aromatic carbocycles. The quantitative estimate of drug-likeness (QED) is 0.116. The van der Waals surface area contributed by atoms with Crippen LogP contribution in [0.1, 0.15) is 49.3 Å². The maximum Gasteiger partial charge on any atom is 0.251 e. The van der Waals surface area contributed by atoms with Crippen LogP contribution >= 0.6 is 11.8 Å². The third kappa shape index (κ3) is 9.74. The Morgan fingerprint density at radius 3 is 2.15 bits per heavy atom. The molecule has 1 N–H and O–H groups in total. The molecule has 0 aromatic heterocycles. The molecule has 242 valence electrons. The average molecular weight is 645 g/mol. The molecule has 0 fully saturated rings. The molecule has 0 saturated heterocycles. The molecule has 0 aliphatic heterocycles. The van der Waals surface area contributed by atoms with Gasteiger partial charge in [-0.1, -0.05) is 78.9 Å². The summed E-state index contributed by atoms with van der Waals surface area (Å²) in [5, 5.41) is 3.08. The number of aryl methyl sites for hydroxylation is 1. The van der Waals surface area contributed by atoms with Gasteiger partial charge in [0.1, 0.15) is 11.5 Å². The SMILES string of the molecule is COc1cccc(CN(CCSc2ccccc2)Cc2ccc(CNC(=O)c3ccc(Cc4ccc(C)c(C)c4OC)cc3)cc2)c1. The van der Waals surface area contributed by atoms with Gasteiger partial charge in [0.25, 0.3) is 5.91 Å². The smallest absolute Gasteiger partial charge is 0.251 e. The van der Waals surface area contributed by atoms with E-state index >= 15 is 0 Å². The first kappa shape index (κ1) is 33.8. The van der Waals surface area contributed by atoms with Crippen molar-refractivity contribution in [2.45, 2.75) is 44.8 Å². The number of rotatable bonds is 15. The highest BCUT2D eigenvalue weighted by atomic mass is 32.2. The van der Waals surface area contributed by atoms with Gasteiger partial charge in [0.05, 0.1) is 14.2 Å². The molecule has 6 heteroatoms. The molecule has 0 heterocycles.